The van der Waals surface area contributed by atoms with E-state index in [-0.39, 0.29) is 63.6 Å². The van der Waals surface area contributed by atoms with Crippen LogP contribution >= 0.6 is 0 Å². The first-order valence-electron chi connectivity index (χ1n) is 28.4. The molecule has 4 amide bonds. The highest BCUT2D eigenvalue weighted by Crippen LogP contribution is 2.61. The first kappa shape index (κ1) is 58.2. The Morgan fingerprint density at radius 2 is 1.27 bits per heavy atom. The van der Waals surface area contributed by atoms with Gasteiger partial charge in [-0.2, -0.15) is 0 Å². The first-order chi connectivity index (χ1) is 38.6. The van der Waals surface area contributed by atoms with Crippen LogP contribution in [0.2, 0.25) is 18.6 Å². The predicted molar refractivity (Wildman–Crippen MR) is 309 cm³/mol. The average Bonchev–Trinajstić information content (AvgIpc) is 3.76. The van der Waals surface area contributed by atoms with Crippen molar-refractivity contribution in [2.24, 2.45) is 5.92 Å². The summed E-state index contributed by atoms with van der Waals surface area (Å²) in [6.07, 6.45) is 2.08. The van der Waals surface area contributed by atoms with Gasteiger partial charge in [0.25, 0.3) is 5.91 Å². The van der Waals surface area contributed by atoms with Crippen molar-refractivity contribution < 1.29 is 52.8 Å². The number of amides is 4. The highest BCUT2D eigenvalue weighted by atomic mass is 28.4. The summed E-state index contributed by atoms with van der Waals surface area (Å²) in [5.74, 6) is -0.605. The number of aliphatic hydroxyl groups excluding tert-OH is 3. The first-order valence-corrected chi connectivity index (χ1v) is 31.3. The lowest BCUT2D eigenvalue weighted by atomic mass is 9.82. The molecule has 1 saturated heterocycles. The Balaban J connectivity index is 1.13. The second-order valence-electron chi connectivity index (χ2n) is 21.8. The Labute approximate surface area is 470 Å². The second kappa shape index (κ2) is 25.5. The van der Waals surface area contributed by atoms with Gasteiger partial charge in [0, 0.05) is 54.7 Å². The fourth-order valence-corrected chi connectivity index (χ4v) is 15.0. The van der Waals surface area contributed by atoms with Crippen molar-refractivity contribution in [1.82, 2.24) is 15.5 Å². The van der Waals surface area contributed by atoms with Crippen LogP contribution in [0, 0.1) is 5.92 Å². The zero-order valence-electron chi connectivity index (χ0n) is 46.7. The standard InChI is InChI=1S/C62H77FN6O10Si/c1-6-77-48-21-24-53-44(33-48)35-51(64-26-11-13-29-70)59(74)68(53)46-19-15-18-43(32-46)40-67-55-23-20-47(69-54-25-22-49(78-7-2)34-45(54)36-52(60(69)75)65-27-12-14-30-71)37-50(55)62(61(67)76)41(3)58(80(4,5)63)56(79-62)38-57(73)66(28-31-72)39-42-16-9-8-10-17-42/h8-10,15-25,32-34,37,41,51-52,56,58,64-65,70-72H,6-7,11-14,26-31,35-36,38-40H2,1-5H3/t41-,51?,52?,56+,58-,62+/m0/s1. The number of halogens is 1. The number of unbranched alkanes of at least 4 members (excludes halogenated alkanes) is 2. The van der Waals surface area contributed by atoms with Gasteiger partial charge in [-0.05, 0) is 168 Å². The van der Waals surface area contributed by atoms with E-state index >= 15 is 8.90 Å². The van der Waals surface area contributed by atoms with Gasteiger partial charge in [-0.3, -0.25) is 29.0 Å². The lowest BCUT2D eigenvalue weighted by Crippen LogP contribution is -2.49. The van der Waals surface area contributed by atoms with Gasteiger partial charge in [-0.25, -0.2) is 0 Å². The molecule has 426 valence electrons. The van der Waals surface area contributed by atoms with Crippen molar-refractivity contribution in [1.29, 1.82) is 0 Å². The molecule has 0 bridgehead atoms. The Kier molecular flexibility index (Phi) is 18.5. The van der Waals surface area contributed by atoms with E-state index < -0.39 is 49.6 Å². The van der Waals surface area contributed by atoms with Gasteiger partial charge in [0.1, 0.15) is 11.5 Å². The van der Waals surface area contributed by atoms with Crippen molar-refractivity contribution >= 4 is 60.5 Å². The number of hydrogen-bond donors (Lipinski definition) is 5. The highest BCUT2D eigenvalue weighted by molar-refractivity contribution is 6.72. The number of carbonyl (C=O) groups is 4. The van der Waals surface area contributed by atoms with Gasteiger partial charge in [0.2, 0.25) is 26.1 Å². The second-order valence-corrected chi connectivity index (χ2v) is 25.6. The smallest absolute Gasteiger partial charge is 0.264 e. The summed E-state index contributed by atoms with van der Waals surface area (Å²) >= 11 is 0. The molecule has 0 saturated carbocycles. The lowest BCUT2D eigenvalue weighted by Gasteiger charge is -2.36. The maximum atomic E-state index is 17.4. The summed E-state index contributed by atoms with van der Waals surface area (Å²) in [6.45, 7) is 10.9. The number of aliphatic hydroxyl groups is 3. The minimum absolute atomic E-state index is 0.0232. The summed E-state index contributed by atoms with van der Waals surface area (Å²) in [6, 6.07) is 32.6. The molecule has 6 atom stereocenters. The maximum absolute atomic E-state index is 17.4. The predicted octanol–water partition coefficient (Wildman–Crippen LogP) is 8.12. The average molecular weight is 1110 g/mol. The normalized spacial score (nSPS) is 21.5. The Morgan fingerprint density at radius 3 is 1.82 bits per heavy atom. The number of ether oxygens (including phenoxy) is 3. The van der Waals surface area contributed by atoms with Crippen LogP contribution in [-0.4, -0.2) is 123 Å². The Hall–Kier alpha value is -6.51. The number of hydrogen-bond acceptors (Lipinski definition) is 12. The van der Waals surface area contributed by atoms with Crippen LogP contribution in [0.5, 0.6) is 11.5 Å². The molecule has 5 aromatic rings. The molecule has 0 aromatic heterocycles. The number of benzene rings is 5. The third-order valence-corrected chi connectivity index (χ3v) is 18.5. The van der Waals surface area contributed by atoms with Crippen molar-refractivity contribution in [2.75, 3.05) is 67.4 Å². The molecule has 18 heteroatoms. The molecule has 2 unspecified atom stereocenters. The largest absolute Gasteiger partial charge is 0.494 e. The van der Waals surface area contributed by atoms with Crippen molar-refractivity contribution in [2.45, 2.75) is 121 Å². The molecule has 9 rings (SSSR count). The van der Waals surface area contributed by atoms with Crippen LogP contribution in [-0.2, 0) is 55.4 Å². The summed E-state index contributed by atoms with van der Waals surface area (Å²) in [4.78, 5) is 66.7. The molecule has 80 heavy (non-hydrogen) atoms. The van der Waals surface area contributed by atoms with Gasteiger partial charge in [0.05, 0.1) is 68.0 Å². The van der Waals surface area contributed by atoms with Gasteiger partial charge < -0.3 is 54.1 Å². The fourth-order valence-electron chi connectivity index (χ4n) is 12.5. The topological polar surface area (TPSA) is 194 Å². The van der Waals surface area contributed by atoms with E-state index in [4.69, 9.17) is 14.2 Å². The molecule has 4 aliphatic rings. The van der Waals surface area contributed by atoms with E-state index in [2.05, 4.69) is 10.6 Å². The number of carbonyl (C=O) groups excluding carboxylic acids is 4. The van der Waals surface area contributed by atoms with Crippen molar-refractivity contribution in [3.8, 4) is 11.5 Å². The Bertz CT molecular complexity index is 3020. The summed E-state index contributed by atoms with van der Waals surface area (Å²) in [5.41, 5.74) is 4.03. The van der Waals surface area contributed by atoms with E-state index in [1.807, 2.05) is 130 Å². The van der Waals surface area contributed by atoms with Gasteiger partial charge in [0.15, 0.2) is 5.60 Å². The molecule has 4 aliphatic heterocycles. The molecule has 16 nitrogen and oxygen atoms in total. The number of nitrogens with one attached hydrogen (secondary N) is 2. The summed E-state index contributed by atoms with van der Waals surface area (Å²) in [7, 11) is -3.80. The third kappa shape index (κ3) is 11.9. The van der Waals surface area contributed by atoms with Crippen LogP contribution in [0.3, 0.4) is 0 Å². The van der Waals surface area contributed by atoms with Gasteiger partial charge in [-0.15, -0.1) is 0 Å². The molecule has 1 spiro atoms. The van der Waals surface area contributed by atoms with Crippen LogP contribution in [0.25, 0.3) is 0 Å². The Morgan fingerprint density at radius 1 is 0.713 bits per heavy atom. The molecular weight excluding hydrogens is 1040 g/mol. The molecule has 0 radical (unpaired) electrons. The van der Waals surface area contributed by atoms with E-state index in [9.17, 15) is 29.7 Å². The molecule has 5 N–H and O–H groups in total. The van der Waals surface area contributed by atoms with Gasteiger partial charge in [-0.1, -0.05) is 49.4 Å². The number of nitrogens with zero attached hydrogens (tertiary/aromatic N) is 4. The fraction of sp³-hybridized carbons (Fsp3) is 0.452. The third-order valence-electron chi connectivity index (χ3n) is 16.1. The monoisotopic (exact) mass is 1110 g/mol. The zero-order chi connectivity index (χ0) is 56.7. The van der Waals surface area contributed by atoms with Crippen LogP contribution < -0.4 is 34.8 Å². The quantitative estimate of drug-likeness (QED) is 0.0215. The highest BCUT2D eigenvalue weighted by Gasteiger charge is 2.67. The van der Waals surface area contributed by atoms with E-state index in [0.29, 0.717) is 116 Å². The van der Waals surface area contributed by atoms with Crippen molar-refractivity contribution in [3.63, 3.8) is 0 Å². The number of rotatable bonds is 25. The van der Waals surface area contributed by atoms with E-state index in [1.165, 1.54) is 0 Å². The van der Waals surface area contributed by atoms with Crippen LogP contribution in [0.4, 0.5) is 32.5 Å². The molecule has 0 aliphatic carbocycles. The SMILES string of the molecule is CCOc1ccc2c(c1)CC(NCCCCO)C(=O)N2c1cccc(CN2C(=O)[C@]3(O[C@H](CC(=O)N(CCO)Cc4ccccc4)[C@@H]([Si](C)(C)F)[C@@H]3C)c3cc(N4C(=O)C(NCCCCO)Cc5cc(OCC)ccc54)ccc32)c1. The van der Waals surface area contributed by atoms with Gasteiger partial charge >= 0.3 is 0 Å². The molecule has 1 fully saturated rings. The molecule has 5 aromatic carbocycles. The van der Waals surface area contributed by atoms with Crippen LogP contribution in [0.15, 0.2) is 109 Å². The molecule has 4 heterocycles. The lowest BCUT2D eigenvalue weighted by molar-refractivity contribution is -0.150. The summed E-state index contributed by atoms with van der Waals surface area (Å²) < 4.78 is 36.4. The number of anilines is 5. The van der Waals surface area contributed by atoms with E-state index in [1.54, 1.807) is 32.7 Å². The minimum Gasteiger partial charge on any atom is -0.494 e. The maximum Gasteiger partial charge on any atom is 0.264 e. The molecular formula is C62H77FN6O10Si. The van der Waals surface area contributed by atoms with Crippen LogP contribution in [0.1, 0.15) is 80.7 Å². The van der Waals surface area contributed by atoms with Crippen molar-refractivity contribution in [3.05, 3.63) is 137 Å². The zero-order valence-corrected chi connectivity index (χ0v) is 47.7. The minimum atomic E-state index is -3.80. The van der Waals surface area contributed by atoms with E-state index in [0.717, 1.165) is 16.7 Å². The number of fused-ring (bicyclic) bond motifs is 4. The summed E-state index contributed by atoms with van der Waals surface area (Å²) in [5, 5.41) is 36.0.